The van der Waals surface area contributed by atoms with Crippen molar-refractivity contribution >= 4 is 22.3 Å². The van der Waals surface area contributed by atoms with Gasteiger partial charge in [-0.05, 0) is 104 Å². The highest BCUT2D eigenvalue weighted by Crippen LogP contribution is 2.76. The highest BCUT2D eigenvalue weighted by Gasteiger charge is 2.73. The van der Waals surface area contributed by atoms with E-state index in [1.54, 1.807) is 0 Å². The van der Waals surface area contributed by atoms with Crippen LogP contribution in [0, 0.1) is 56.7 Å². The second kappa shape index (κ2) is 11.7. The van der Waals surface area contributed by atoms with Crippen molar-refractivity contribution in [3.8, 4) is 0 Å². The highest BCUT2D eigenvalue weighted by molar-refractivity contribution is 7.80. The average molecular weight is 699 g/mol. The third-order valence-corrected chi connectivity index (χ3v) is 15.6. The van der Waals surface area contributed by atoms with Crippen molar-refractivity contribution in [3.63, 3.8) is 0 Å². The maximum absolute atomic E-state index is 13.8. The molecule has 4 saturated carbocycles. The van der Waals surface area contributed by atoms with Gasteiger partial charge in [0.1, 0.15) is 12.2 Å². The minimum Gasteiger partial charge on any atom is -0.481 e. The van der Waals surface area contributed by atoms with Gasteiger partial charge in [0.15, 0.2) is 12.4 Å². The molecule has 14 atom stereocenters. The zero-order valence-electron chi connectivity index (χ0n) is 28.9. The first-order valence-electron chi connectivity index (χ1n) is 17.6. The van der Waals surface area contributed by atoms with Crippen molar-refractivity contribution in [2.24, 2.45) is 56.7 Å². The molecular formula is C35H54O12S. The van der Waals surface area contributed by atoms with Crippen LogP contribution in [0.15, 0.2) is 11.6 Å². The Morgan fingerprint density at radius 3 is 2.23 bits per heavy atom. The molecule has 6 rings (SSSR count). The maximum Gasteiger partial charge on any atom is 0.397 e. The van der Waals surface area contributed by atoms with Gasteiger partial charge in [-0.3, -0.25) is 14.1 Å². The molecule has 0 radical (unpaired) electrons. The van der Waals surface area contributed by atoms with E-state index in [1.807, 2.05) is 0 Å². The van der Waals surface area contributed by atoms with E-state index in [-0.39, 0.29) is 35.7 Å². The van der Waals surface area contributed by atoms with Crippen LogP contribution >= 0.6 is 0 Å². The normalized spacial score (nSPS) is 50.1. The van der Waals surface area contributed by atoms with E-state index >= 15 is 0 Å². The van der Waals surface area contributed by atoms with Gasteiger partial charge in [0.2, 0.25) is 0 Å². The van der Waals surface area contributed by atoms with E-state index in [0.29, 0.717) is 50.9 Å². The summed E-state index contributed by atoms with van der Waals surface area (Å²) in [5.74, 6) is -1.54. The number of aliphatic hydroxyl groups excluding tert-OH is 2. The molecule has 5 aliphatic carbocycles. The molecule has 1 heterocycles. The lowest BCUT2D eigenvalue weighted by Gasteiger charge is -2.70. The monoisotopic (exact) mass is 698 g/mol. The molecule has 0 aromatic rings. The Hall–Kier alpha value is -1.61. The Balaban J connectivity index is 1.34. The highest BCUT2D eigenvalue weighted by atomic mass is 32.3. The lowest BCUT2D eigenvalue weighted by Crippen LogP contribution is -2.68. The van der Waals surface area contributed by atoms with Gasteiger partial charge in [0, 0.05) is 0 Å². The van der Waals surface area contributed by atoms with Gasteiger partial charge in [0.05, 0.1) is 23.5 Å². The van der Waals surface area contributed by atoms with Crippen molar-refractivity contribution < 1.29 is 56.6 Å². The molecule has 14 unspecified atom stereocenters. The number of carboxylic acid groups (broad SMARTS) is 2. The Bertz CT molecular complexity index is 1460. The smallest absolute Gasteiger partial charge is 0.397 e. The molecular weight excluding hydrogens is 644 g/mol. The lowest BCUT2D eigenvalue weighted by atomic mass is 9.33. The molecule has 272 valence electrons. The van der Waals surface area contributed by atoms with Gasteiger partial charge in [-0.1, -0.05) is 53.2 Å². The third-order valence-electron chi connectivity index (χ3n) is 15.1. The Morgan fingerprint density at radius 2 is 1.60 bits per heavy atom. The molecule has 0 aromatic carbocycles. The van der Waals surface area contributed by atoms with Gasteiger partial charge >= 0.3 is 22.3 Å². The molecule has 48 heavy (non-hydrogen) atoms. The Kier molecular flexibility index (Phi) is 8.83. The molecule has 1 saturated heterocycles. The van der Waals surface area contributed by atoms with Crippen LogP contribution in [-0.2, 0) is 33.6 Å². The third kappa shape index (κ3) is 4.99. The summed E-state index contributed by atoms with van der Waals surface area (Å²) in [5, 5.41) is 42.6. The summed E-state index contributed by atoms with van der Waals surface area (Å²) in [4.78, 5) is 26.8. The number of carbonyl (C=O) groups is 2. The fraction of sp³-hybridized carbons (Fsp3) is 0.886. The second-order valence-corrected chi connectivity index (χ2v) is 18.3. The van der Waals surface area contributed by atoms with Crippen molar-refractivity contribution in [2.75, 3.05) is 6.61 Å². The lowest BCUT2D eigenvalue weighted by molar-refractivity contribution is -0.303. The van der Waals surface area contributed by atoms with E-state index in [0.717, 1.165) is 18.4 Å². The molecule has 1 aliphatic heterocycles. The SMILES string of the molecule is CC1CCC2(C(=O)O)CCC3(C(=O)O)C(=CCC4C5(C)CCC(OC6OCC(O)C(O)C6OS(=O)(=O)O)C(C)(C)C5CCC43C)C2C1C. The van der Waals surface area contributed by atoms with E-state index in [1.165, 1.54) is 0 Å². The fourth-order valence-electron chi connectivity index (χ4n) is 12.5. The topological polar surface area (TPSA) is 197 Å². The Morgan fingerprint density at radius 1 is 0.917 bits per heavy atom. The number of allylic oxidation sites excluding steroid dienone is 1. The largest absolute Gasteiger partial charge is 0.481 e. The summed E-state index contributed by atoms with van der Waals surface area (Å²) in [7, 11) is -4.99. The molecule has 0 bridgehead atoms. The molecule has 0 amide bonds. The van der Waals surface area contributed by atoms with Gasteiger partial charge in [-0.2, -0.15) is 8.42 Å². The van der Waals surface area contributed by atoms with Crippen LogP contribution in [0.4, 0.5) is 0 Å². The summed E-state index contributed by atoms with van der Waals surface area (Å²) >= 11 is 0. The summed E-state index contributed by atoms with van der Waals surface area (Å²) in [5.41, 5.74) is -2.66. The predicted octanol–water partition coefficient (Wildman–Crippen LogP) is 4.44. The van der Waals surface area contributed by atoms with Crippen LogP contribution in [-0.4, -0.2) is 82.6 Å². The van der Waals surface area contributed by atoms with Crippen LogP contribution in [0.2, 0.25) is 0 Å². The zero-order chi connectivity index (χ0) is 35.4. The molecule has 13 heteroatoms. The molecule has 5 fully saturated rings. The van der Waals surface area contributed by atoms with Crippen LogP contribution in [0.25, 0.3) is 0 Å². The fourth-order valence-corrected chi connectivity index (χ4v) is 13.0. The minimum atomic E-state index is -4.99. The van der Waals surface area contributed by atoms with E-state index in [9.17, 15) is 43.0 Å². The van der Waals surface area contributed by atoms with Gasteiger partial charge in [-0.25, -0.2) is 4.18 Å². The van der Waals surface area contributed by atoms with E-state index in [2.05, 4.69) is 47.6 Å². The number of carboxylic acids is 2. The second-order valence-electron chi connectivity index (χ2n) is 17.2. The summed E-state index contributed by atoms with van der Waals surface area (Å²) < 4.78 is 49.3. The molecule has 5 N–H and O–H groups in total. The van der Waals surface area contributed by atoms with Crippen molar-refractivity contribution in [3.05, 3.63) is 11.6 Å². The first kappa shape index (κ1) is 36.2. The van der Waals surface area contributed by atoms with Crippen molar-refractivity contribution in [1.29, 1.82) is 0 Å². The van der Waals surface area contributed by atoms with Crippen molar-refractivity contribution in [2.45, 2.75) is 130 Å². The van der Waals surface area contributed by atoms with Gasteiger partial charge in [-0.15, -0.1) is 0 Å². The van der Waals surface area contributed by atoms with Crippen LogP contribution in [0.3, 0.4) is 0 Å². The standard InChI is InChI=1S/C35H54O12S/c1-18-9-14-34(29(38)39)15-16-35(30(40)41)20(25(34)19(18)2)7-8-23-32(5)12-11-24(31(3,4)22(32)10-13-33(23,35)6)46-28-27(47-48(42,43)44)26(37)21(36)17-45-28/h7,18-19,21-28,36-37H,8-17H2,1-6H3,(H,38,39)(H,40,41)(H,42,43,44). The average Bonchev–Trinajstić information content (AvgIpc) is 2.98. The molecule has 12 nitrogen and oxygen atoms in total. The van der Waals surface area contributed by atoms with Crippen LogP contribution in [0.5, 0.6) is 0 Å². The van der Waals surface area contributed by atoms with Crippen molar-refractivity contribution in [1.82, 2.24) is 0 Å². The maximum atomic E-state index is 13.8. The quantitative estimate of drug-likeness (QED) is 0.149. The van der Waals surface area contributed by atoms with Crippen LogP contribution in [0.1, 0.15) is 99.3 Å². The number of fused-ring (bicyclic) bond motifs is 7. The predicted molar refractivity (Wildman–Crippen MR) is 172 cm³/mol. The Labute approximate surface area is 283 Å². The summed E-state index contributed by atoms with van der Waals surface area (Å²) in [6, 6.07) is 0. The minimum absolute atomic E-state index is 0.0102. The van der Waals surface area contributed by atoms with Gasteiger partial charge in [0.25, 0.3) is 0 Å². The van der Waals surface area contributed by atoms with E-state index in [4.69, 9.17) is 13.7 Å². The number of ether oxygens (including phenoxy) is 2. The van der Waals surface area contributed by atoms with E-state index < -0.39 is 74.7 Å². The first-order valence-corrected chi connectivity index (χ1v) is 19.0. The number of aliphatic carboxylic acids is 2. The number of hydrogen-bond acceptors (Lipinski definition) is 9. The molecule has 6 aliphatic rings. The number of aliphatic hydroxyl groups is 2. The zero-order valence-corrected chi connectivity index (χ0v) is 29.7. The number of rotatable bonds is 6. The number of hydrogen-bond donors (Lipinski definition) is 5. The van der Waals surface area contributed by atoms with Crippen LogP contribution < -0.4 is 0 Å². The van der Waals surface area contributed by atoms with Gasteiger partial charge < -0.3 is 29.9 Å². The summed E-state index contributed by atoms with van der Waals surface area (Å²) in [6.07, 6.45) is 0.874. The first-order chi connectivity index (χ1) is 22.2. The molecule has 0 aromatic heterocycles. The summed E-state index contributed by atoms with van der Waals surface area (Å²) in [6.45, 7) is 12.6. The molecule has 0 spiro atoms.